The number of benzene rings is 4. The van der Waals surface area contributed by atoms with E-state index in [4.69, 9.17) is 0 Å². The molecule has 4 aromatic carbocycles. The number of hydrogen-bond acceptors (Lipinski definition) is 8. The van der Waals surface area contributed by atoms with E-state index in [1.54, 1.807) is 0 Å². The lowest BCUT2D eigenvalue weighted by molar-refractivity contribution is 0.209. The van der Waals surface area contributed by atoms with Crippen LogP contribution in [0.1, 0.15) is 515 Å². The number of rotatable bonds is 18. The van der Waals surface area contributed by atoms with Crippen molar-refractivity contribution >= 4 is 43.6 Å². The van der Waals surface area contributed by atoms with Gasteiger partial charge in [-0.1, -0.05) is 481 Å². The summed E-state index contributed by atoms with van der Waals surface area (Å²) in [5.41, 5.74) is 8.09. The summed E-state index contributed by atoms with van der Waals surface area (Å²) in [5, 5.41) is 5.41. The molecule has 5 aliphatic rings. The van der Waals surface area contributed by atoms with E-state index >= 15 is 0 Å². The van der Waals surface area contributed by atoms with Crippen molar-refractivity contribution in [3.05, 3.63) is 96.1 Å². The summed E-state index contributed by atoms with van der Waals surface area (Å²) in [4.78, 5) is 20.3. The standard InChI is InChI=1S/C32H33N3.5C10H21N.2C6H15N.14C2H6.10CH4/c1-4-33(21-23-15-17-27-25-11-7-9-13-29(25)34(5-2)31(27)19-23)22-24-16-18-28-26-12-8-10-14-30(26)35(6-3)32(28)20-24;5*1-6-11-9(4)7(2)8(3)10(11)5;2*1-4-7(5-2)6-3;14*1-2;;;;;;;;;;/h7-20H,4-6,21-22H2,1-3H3;5*7-10H,6H2,1-5H3;2*4-6H2,1-3H3;14*1-2H3;10*1H4/t;5*7-,8+,9-,10+;;;;;;;;;;;;;;;;;;;;;;;;;;. The smallest absolute Gasteiger partial charge is 0.0494 e. The Bertz CT molecular complexity index is 2920. The molecule has 0 spiro atoms. The molecule has 0 aliphatic carbocycles. The van der Waals surface area contributed by atoms with E-state index in [0.29, 0.717) is 0 Å². The van der Waals surface area contributed by atoms with Gasteiger partial charge in [0.15, 0.2) is 0 Å². The molecule has 5 aliphatic heterocycles. The van der Waals surface area contributed by atoms with Crippen LogP contribution < -0.4 is 0 Å². The fraction of sp³-hybridized carbons (Fsp3) is 0.818. The van der Waals surface area contributed by atoms with E-state index in [0.717, 1.165) is 152 Å². The molecule has 0 bridgehead atoms. The van der Waals surface area contributed by atoms with Crippen LogP contribution in [0.2, 0.25) is 0 Å². The molecule has 0 radical (unpaired) electrons. The summed E-state index contributed by atoms with van der Waals surface area (Å²) in [6.45, 7) is 153. The first-order valence-electron chi connectivity index (χ1n) is 57.3. The van der Waals surface area contributed by atoms with Gasteiger partial charge >= 0.3 is 0 Å². The molecule has 10 nitrogen and oxygen atoms in total. The first-order valence-corrected chi connectivity index (χ1v) is 57.3. The van der Waals surface area contributed by atoms with Crippen molar-refractivity contribution in [2.24, 2.45) is 59.2 Å². The molecule has 2 aromatic heterocycles. The minimum absolute atomic E-state index is 0. The van der Waals surface area contributed by atoms with Crippen LogP contribution in [0.4, 0.5) is 0 Å². The minimum Gasteiger partial charge on any atom is -0.341 e. The van der Waals surface area contributed by atoms with Crippen LogP contribution in [0.3, 0.4) is 0 Å². The van der Waals surface area contributed by atoms with Gasteiger partial charge in [0.1, 0.15) is 0 Å². The molecule has 0 N–H and O–H groups in total. The Morgan fingerprint density at radius 3 is 0.437 bits per heavy atom. The molecule has 10 heteroatoms. The number of fused-ring (bicyclic) bond motifs is 6. The van der Waals surface area contributed by atoms with Crippen LogP contribution in [0.15, 0.2) is 84.9 Å². The number of nitrogens with zero attached hydrogens (tertiary/aromatic N) is 10. The summed E-state index contributed by atoms with van der Waals surface area (Å²) in [6.07, 6.45) is 0. The van der Waals surface area contributed by atoms with Crippen LogP contribution in [-0.2, 0) is 26.2 Å². The monoisotopic (exact) mass is 2020 g/mol. The van der Waals surface area contributed by atoms with Gasteiger partial charge in [-0.15, -0.1) is 0 Å². The van der Waals surface area contributed by atoms with E-state index in [1.165, 1.54) is 127 Å². The van der Waals surface area contributed by atoms with E-state index in [2.05, 4.69) is 369 Å². The predicted octanol–water partition coefficient (Wildman–Crippen LogP) is 43.2. The minimum atomic E-state index is 0. The number of aryl methyl sites for hydroxylation is 2. The highest BCUT2D eigenvalue weighted by atomic mass is 15.2. The van der Waals surface area contributed by atoms with Gasteiger partial charge in [0.25, 0.3) is 0 Å². The maximum atomic E-state index is 2.61. The Kier molecular flexibility index (Phi) is 159. The largest absolute Gasteiger partial charge is 0.341 e. The van der Waals surface area contributed by atoms with Gasteiger partial charge in [0, 0.05) is 130 Å². The zero-order chi connectivity index (χ0) is 106. The Labute approximate surface area is 910 Å². The summed E-state index contributed by atoms with van der Waals surface area (Å²) >= 11 is 0. The van der Waals surface area contributed by atoms with Crippen LogP contribution in [0.25, 0.3) is 43.6 Å². The number of likely N-dealkylation sites (tertiary alicyclic amines) is 5. The van der Waals surface area contributed by atoms with Crippen molar-refractivity contribution < 1.29 is 0 Å². The molecule has 0 unspecified atom stereocenters. The maximum Gasteiger partial charge on any atom is 0.0494 e. The highest BCUT2D eigenvalue weighted by Crippen LogP contribution is 2.39. The molecule has 5 fully saturated rings. The van der Waals surface area contributed by atoms with E-state index < -0.39 is 0 Å². The highest BCUT2D eigenvalue weighted by molar-refractivity contribution is 6.09. The predicted molar refractivity (Wildman–Crippen MR) is 691 cm³/mol. The van der Waals surface area contributed by atoms with Crippen LogP contribution in [0, 0.1) is 59.2 Å². The van der Waals surface area contributed by atoms with Crippen LogP contribution >= 0.6 is 0 Å². The van der Waals surface area contributed by atoms with Crippen molar-refractivity contribution in [3.8, 4) is 0 Å². The van der Waals surface area contributed by atoms with Gasteiger partial charge in [-0.3, -0.25) is 29.4 Å². The fourth-order valence-corrected chi connectivity index (χ4v) is 19.4. The van der Waals surface area contributed by atoms with Gasteiger partial charge in [0.2, 0.25) is 0 Å². The summed E-state index contributed by atoms with van der Waals surface area (Å²) in [7, 11) is 0. The highest BCUT2D eigenvalue weighted by Gasteiger charge is 2.42. The van der Waals surface area contributed by atoms with Gasteiger partial charge in [-0.2, -0.15) is 0 Å². The number of hydrogen-bond donors (Lipinski definition) is 0. The van der Waals surface area contributed by atoms with E-state index in [9.17, 15) is 0 Å². The quantitative estimate of drug-likeness (QED) is 0.0843. The molecule has 6 aromatic rings. The zero-order valence-corrected chi connectivity index (χ0v) is 102. The molecule has 870 valence electrons. The second kappa shape index (κ2) is 119. The molecular formula is C132H292N10. The Balaban J connectivity index is -0.0000000626. The first kappa shape index (κ1) is 189. The Hall–Kier alpha value is -3.84. The van der Waals surface area contributed by atoms with Crippen molar-refractivity contribution in [1.29, 1.82) is 0 Å². The lowest BCUT2D eigenvalue weighted by Gasteiger charge is -2.25. The molecule has 142 heavy (non-hydrogen) atoms. The lowest BCUT2D eigenvalue weighted by atomic mass is 9.92. The van der Waals surface area contributed by atoms with Crippen LogP contribution in [-0.4, -0.2) is 187 Å². The molecule has 5 saturated heterocycles. The SMILES string of the molecule is C.C.C.C.C.C.C.C.C.C.CC.CC.CC.CC.CC.CC.CC.CC.CC.CC.CC.CC.CC.CC.CCN(CC)CC.CCN(CC)CC.CCN(Cc1ccc2c3ccccc3n(CC)c2c1)Cc1ccc2c3ccccc3n(CC)c2c1.CCN1[C@H](C)[C@H](C)[C@H](C)[C@@H]1C.CCN1[C@H](C)[C@H](C)[C@H](C)[C@@H]1C.CCN1[C@H](C)[C@H](C)[C@H](C)[C@@H]1C.CCN1[C@H](C)[C@H](C)[C@H](C)[C@@H]1C.CCN1[C@H](C)[C@H](C)[C@H](C)[C@@H]1C. The van der Waals surface area contributed by atoms with Gasteiger partial charge in [-0.25, -0.2) is 0 Å². The third-order valence-corrected chi connectivity index (χ3v) is 29.1. The van der Waals surface area contributed by atoms with Crippen molar-refractivity contribution in [1.82, 2.24) is 48.3 Å². The molecule has 0 saturated carbocycles. The topological polar surface area (TPSA) is 35.8 Å². The molecule has 20 atom stereocenters. The summed E-state index contributed by atoms with van der Waals surface area (Å²) < 4.78 is 4.89. The normalized spacial score (nSPS) is 22.7. The van der Waals surface area contributed by atoms with Gasteiger partial charge < -0.3 is 18.9 Å². The molecule has 0 amide bonds. The average Bonchev–Trinajstić information content (AvgIpc) is 1.61. The zero-order valence-electron chi connectivity index (χ0n) is 102. The first-order chi connectivity index (χ1) is 63.4. The third-order valence-electron chi connectivity index (χ3n) is 29.1. The van der Waals surface area contributed by atoms with E-state index in [-0.39, 0.29) is 74.3 Å². The Morgan fingerprint density at radius 1 is 0.176 bits per heavy atom. The van der Waals surface area contributed by atoms with Crippen molar-refractivity contribution in [3.63, 3.8) is 0 Å². The fourth-order valence-electron chi connectivity index (χ4n) is 19.4. The van der Waals surface area contributed by atoms with Crippen molar-refractivity contribution in [2.45, 2.75) is 590 Å². The lowest BCUT2D eigenvalue weighted by Crippen LogP contribution is -2.34. The second-order valence-corrected chi connectivity index (χ2v) is 32.9. The number of para-hydroxylation sites is 2. The summed E-state index contributed by atoms with van der Waals surface area (Å²) in [6, 6.07) is 39.4. The van der Waals surface area contributed by atoms with Gasteiger partial charge in [0.05, 0.1) is 0 Å². The van der Waals surface area contributed by atoms with Gasteiger partial charge in [-0.05, 0) is 256 Å². The Morgan fingerprint density at radius 2 is 0.317 bits per heavy atom. The molecule has 7 heterocycles. The average molecular weight is 2020 g/mol. The number of aromatic nitrogens is 2. The van der Waals surface area contributed by atoms with Crippen LogP contribution in [0.5, 0.6) is 0 Å². The summed E-state index contributed by atoms with van der Waals surface area (Å²) in [5.74, 6) is 8.66. The van der Waals surface area contributed by atoms with Crippen molar-refractivity contribution in [2.75, 3.05) is 78.5 Å². The second-order valence-electron chi connectivity index (χ2n) is 32.9. The molecular weight excluding hydrogens is 1730 g/mol. The van der Waals surface area contributed by atoms with E-state index in [1.807, 2.05) is 194 Å². The maximum absolute atomic E-state index is 2.61. The molecule has 11 rings (SSSR count). The third kappa shape index (κ3) is 59.7.